The fourth-order valence-electron chi connectivity index (χ4n) is 1.18. The van der Waals surface area contributed by atoms with Crippen LogP contribution in [0.5, 0.6) is 0 Å². The zero-order valence-electron chi connectivity index (χ0n) is 8.32. The Morgan fingerprint density at radius 2 is 2.00 bits per heavy atom. The van der Waals surface area contributed by atoms with E-state index in [4.69, 9.17) is 0 Å². The van der Waals surface area contributed by atoms with Crippen LogP contribution in [0.2, 0.25) is 0 Å². The van der Waals surface area contributed by atoms with Crippen LogP contribution in [-0.2, 0) is 6.54 Å². The molecule has 0 aromatic heterocycles. The van der Waals surface area contributed by atoms with Crippen molar-refractivity contribution in [1.82, 2.24) is 5.32 Å². The molecule has 78 valence electrons. The first-order valence-corrected chi connectivity index (χ1v) is 4.88. The van der Waals surface area contributed by atoms with Gasteiger partial charge in [-0.05, 0) is 30.7 Å². The van der Waals surface area contributed by atoms with Crippen LogP contribution in [0.15, 0.2) is 18.2 Å². The molecule has 0 saturated carbocycles. The summed E-state index contributed by atoms with van der Waals surface area (Å²) in [5.74, 6) is -1.57. The molecule has 1 nitrogen and oxygen atoms in total. The molecule has 0 heterocycles. The average molecular weight is 199 g/mol. The number of unbranched alkanes of at least 4 members (excludes halogenated alkanes) is 1. The average Bonchev–Trinajstić information content (AvgIpc) is 2.18. The van der Waals surface area contributed by atoms with Gasteiger partial charge < -0.3 is 5.32 Å². The molecular weight excluding hydrogens is 184 g/mol. The minimum absolute atomic E-state index is 0.594. The number of benzene rings is 1. The predicted molar refractivity (Wildman–Crippen MR) is 53.0 cm³/mol. The quantitative estimate of drug-likeness (QED) is 0.719. The van der Waals surface area contributed by atoms with Crippen LogP contribution in [0.4, 0.5) is 8.78 Å². The molecule has 1 aromatic rings. The van der Waals surface area contributed by atoms with E-state index >= 15 is 0 Å². The first kappa shape index (κ1) is 11.1. The van der Waals surface area contributed by atoms with E-state index in [1.807, 2.05) is 0 Å². The van der Waals surface area contributed by atoms with Gasteiger partial charge in [0.15, 0.2) is 11.6 Å². The smallest absolute Gasteiger partial charge is 0.159 e. The van der Waals surface area contributed by atoms with Gasteiger partial charge in [-0.1, -0.05) is 19.4 Å². The molecule has 0 aliphatic carbocycles. The third kappa shape index (κ3) is 3.42. The van der Waals surface area contributed by atoms with E-state index in [2.05, 4.69) is 12.2 Å². The summed E-state index contributed by atoms with van der Waals surface area (Å²) in [6.45, 7) is 3.62. The second-order valence-electron chi connectivity index (χ2n) is 3.28. The van der Waals surface area contributed by atoms with Gasteiger partial charge in [0.25, 0.3) is 0 Å². The van der Waals surface area contributed by atoms with Crippen molar-refractivity contribution in [2.45, 2.75) is 26.3 Å². The molecule has 0 bridgehead atoms. The lowest BCUT2D eigenvalue weighted by molar-refractivity contribution is 0.505. The molecule has 0 fully saturated rings. The van der Waals surface area contributed by atoms with Crippen molar-refractivity contribution < 1.29 is 8.78 Å². The van der Waals surface area contributed by atoms with Crippen molar-refractivity contribution in [3.8, 4) is 0 Å². The predicted octanol–water partition coefficient (Wildman–Crippen LogP) is 2.85. The molecule has 0 amide bonds. The molecular formula is C11H15F2N. The Kier molecular flexibility index (Phi) is 4.53. The fourth-order valence-corrected chi connectivity index (χ4v) is 1.18. The molecule has 0 saturated heterocycles. The number of hydrogen-bond donors (Lipinski definition) is 1. The summed E-state index contributed by atoms with van der Waals surface area (Å²) in [6.07, 6.45) is 2.23. The van der Waals surface area contributed by atoms with Crippen LogP contribution in [0.3, 0.4) is 0 Å². The fraction of sp³-hybridized carbons (Fsp3) is 0.455. The van der Waals surface area contributed by atoms with Gasteiger partial charge in [0.1, 0.15) is 0 Å². The van der Waals surface area contributed by atoms with Crippen molar-refractivity contribution >= 4 is 0 Å². The molecule has 3 heteroatoms. The van der Waals surface area contributed by atoms with Gasteiger partial charge in [-0.25, -0.2) is 8.78 Å². The van der Waals surface area contributed by atoms with E-state index in [0.29, 0.717) is 6.54 Å². The van der Waals surface area contributed by atoms with Gasteiger partial charge in [-0.3, -0.25) is 0 Å². The minimum atomic E-state index is -0.790. The Balaban J connectivity index is 2.39. The molecule has 0 radical (unpaired) electrons. The lowest BCUT2D eigenvalue weighted by Crippen LogP contribution is -2.14. The minimum Gasteiger partial charge on any atom is -0.313 e. The van der Waals surface area contributed by atoms with Crippen LogP contribution in [0.25, 0.3) is 0 Å². The number of halogens is 2. The van der Waals surface area contributed by atoms with Crippen LogP contribution in [-0.4, -0.2) is 6.54 Å². The van der Waals surface area contributed by atoms with Crippen molar-refractivity contribution in [2.24, 2.45) is 0 Å². The second kappa shape index (κ2) is 5.70. The molecule has 1 aromatic carbocycles. The molecule has 14 heavy (non-hydrogen) atoms. The second-order valence-corrected chi connectivity index (χ2v) is 3.28. The third-order valence-corrected chi connectivity index (χ3v) is 2.02. The van der Waals surface area contributed by atoms with Crippen molar-refractivity contribution in [2.75, 3.05) is 6.54 Å². The van der Waals surface area contributed by atoms with Crippen molar-refractivity contribution in [1.29, 1.82) is 0 Å². The van der Waals surface area contributed by atoms with Crippen molar-refractivity contribution in [3.05, 3.63) is 35.4 Å². The lowest BCUT2D eigenvalue weighted by Gasteiger charge is -2.04. The summed E-state index contributed by atoms with van der Waals surface area (Å²) in [5.41, 5.74) is 0.778. The highest BCUT2D eigenvalue weighted by atomic mass is 19.2. The van der Waals surface area contributed by atoms with Gasteiger partial charge in [0, 0.05) is 6.54 Å². The maximum absolute atomic E-state index is 12.8. The van der Waals surface area contributed by atoms with Gasteiger partial charge in [0.2, 0.25) is 0 Å². The van der Waals surface area contributed by atoms with E-state index < -0.39 is 11.6 Å². The van der Waals surface area contributed by atoms with Crippen LogP contribution < -0.4 is 5.32 Å². The van der Waals surface area contributed by atoms with E-state index in [0.717, 1.165) is 31.0 Å². The van der Waals surface area contributed by atoms with Gasteiger partial charge >= 0.3 is 0 Å². The molecule has 1 rings (SSSR count). The Morgan fingerprint density at radius 1 is 1.21 bits per heavy atom. The van der Waals surface area contributed by atoms with Crippen LogP contribution in [0, 0.1) is 11.6 Å². The lowest BCUT2D eigenvalue weighted by atomic mass is 10.2. The van der Waals surface area contributed by atoms with E-state index in [1.165, 1.54) is 6.07 Å². The standard InChI is InChI=1S/C11H15F2N/c1-2-3-6-14-8-9-4-5-10(12)11(13)7-9/h4-5,7,14H,2-3,6,8H2,1H3. The number of hydrogen-bond acceptors (Lipinski definition) is 1. The summed E-state index contributed by atoms with van der Waals surface area (Å²) >= 11 is 0. The Hall–Kier alpha value is -0.960. The maximum atomic E-state index is 12.8. The normalized spacial score (nSPS) is 10.5. The highest BCUT2D eigenvalue weighted by molar-refractivity contribution is 5.17. The summed E-state index contributed by atoms with van der Waals surface area (Å²) in [4.78, 5) is 0. The van der Waals surface area contributed by atoms with E-state index in [9.17, 15) is 8.78 Å². The molecule has 0 unspecified atom stereocenters. The molecule has 0 spiro atoms. The number of nitrogens with one attached hydrogen (secondary N) is 1. The molecule has 0 atom stereocenters. The largest absolute Gasteiger partial charge is 0.313 e. The van der Waals surface area contributed by atoms with Crippen molar-refractivity contribution in [3.63, 3.8) is 0 Å². The first-order valence-electron chi connectivity index (χ1n) is 4.88. The molecule has 0 aliphatic rings. The third-order valence-electron chi connectivity index (χ3n) is 2.02. The maximum Gasteiger partial charge on any atom is 0.159 e. The SMILES string of the molecule is CCCCNCc1ccc(F)c(F)c1. The zero-order valence-corrected chi connectivity index (χ0v) is 8.32. The monoisotopic (exact) mass is 199 g/mol. The van der Waals surface area contributed by atoms with Gasteiger partial charge in [0.05, 0.1) is 0 Å². The molecule has 1 N–H and O–H groups in total. The highest BCUT2D eigenvalue weighted by Gasteiger charge is 2.01. The number of rotatable bonds is 5. The van der Waals surface area contributed by atoms with E-state index in [1.54, 1.807) is 6.07 Å². The Bertz CT molecular complexity index is 287. The Morgan fingerprint density at radius 3 is 2.64 bits per heavy atom. The summed E-state index contributed by atoms with van der Waals surface area (Å²) in [6, 6.07) is 3.98. The summed E-state index contributed by atoms with van der Waals surface area (Å²) < 4.78 is 25.3. The topological polar surface area (TPSA) is 12.0 Å². The van der Waals surface area contributed by atoms with Gasteiger partial charge in [-0.2, -0.15) is 0 Å². The van der Waals surface area contributed by atoms with E-state index in [-0.39, 0.29) is 0 Å². The van der Waals surface area contributed by atoms with Crippen LogP contribution >= 0.6 is 0 Å². The Labute approximate surface area is 83.1 Å². The molecule has 0 aliphatic heterocycles. The zero-order chi connectivity index (χ0) is 10.4. The van der Waals surface area contributed by atoms with Crippen LogP contribution in [0.1, 0.15) is 25.3 Å². The van der Waals surface area contributed by atoms with Gasteiger partial charge in [-0.15, -0.1) is 0 Å². The summed E-state index contributed by atoms with van der Waals surface area (Å²) in [5, 5.41) is 3.16. The highest BCUT2D eigenvalue weighted by Crippen LogP contribution is 2.08. The first-order chi connectivity index (χ1) is 6.74. The summed E-state index contributed by atoms with van der Waals surface area (Å²) in [7, 11) is 0.